The molecule has 0 aliphatic carbocycles. The van der Waals surface area contributed by atoms with Crippen molar-refractivity contribution in [3.63, 3.8) is 0 Å². The van der Waals surface area contributed by atoms with Crippen molar-refractivity contribution in [3.8, 4) is 0 Å². The Bertz CT molecular complexity index is 1250. The molecule has 1 N–H and O–H groups in total. The van der Waals surface area contributed by atoms with E-state index in [0.717, 1.165) is 27.9 Å². The molecule has 1 aromatic heterocycles. The minimum Gasteiger partial charge on any atom is -0.352 e. The van der Waals surface area contributed by atoms with Gasteiger partial charge in [-0.25, -0.2) is 4.39 Å². The van der Waals surface area contributed by atoms with Gasteiger partial charge in [-0.3, -0.25) is 9.59 Å². The van der Waals surface area contributed by atoms with Gasteiger partial charge in [-0.1, -0.05) is 54.6 Å². The van der Waals surface area contributed by atoms with Crippen LogP contribution in [-0.4, -0.2) is 11.8 Å². The van der Waals surface area contributed by atoms with Crippen LogP contribution in [0.15, 0.2) is 90.3 Å². The lowest BCUT2D eigenvalue weighted by Crippen LogP contribution is -2.30. The highest BCUT2D eigenvalue weighted by Crippen LogP contribution is 2.24. The van der Waals surface area contributed by atoms with E-state index in [4.69, 9.17) is 0 Å². The molecule has 0 spiro atoms. The highest BCUT2D eigenvalue weighted by molar-refractivity contribution is 7.12. The molecule has 172 valence electrons. The van der Waals surface area contributed by atoms with Crippen molar-refractivity contribution in [2.75, 3.05) is 4.90 Å². The third-order valence-corrected chi connectivity index (χ3v) is 6.44. The molecule has 0 atom stereocenters. The topological polar surface area (TPSA) is 49.4 Å². The Hall–Kier alpha value is -3.77. The number of carbonyl (C=O) groups excluding carboxylic acids is 2. The molecular weight excluding hydrogens is 447 g/mol. The second-order valence-electron chi connectivity index (χ2n) is 8.04. The number of carbonyl (C=O) groups is 2. The van der Waals surface area contributed by atoms with Crippen molar-refractivity contribution in [2.45, 2.75) is 26.4 Å². The molecule has 34 heavy (non-hydrogen) atoms. The maximum absolute atomic E-state index is 13.3. The van der Waals surface area contributed by atoms with Crippen LogP contribution in [0.3, 0.4) is 0 Å². The van der Waals surface area contributed by atoms with Crippen LogP contribution in [0.1, 0.15) is 31.9 Å². The van der Waals surface area contributed by atoms with Gasteiger partial charge < -0.3 is 10.2 Å². The number of benzene rings is 3. The predicted octanol–water partition coefficient (Wildman–Crippen LogP) is 5.90. The summed E-state index contributed by atoms with van der Waals surface area (Å²) >= 11 is 1.42. The Morgan fingerprint density at radius 2 is 1.59 bits per heavy atom. The van der Waals surface area contributed by atoms with E-state index in [2.05, 4.69) is 5.32 Å². The number of amides is 2. The summed E-state index contributed by atoms with van der Waals surface area (Å²) < 4.78 is 13.0. The molecule has 0 radical (unpaired) electrons. The summed E-state index contributed by atoms with van der Waals surface area (Å²) in [6.07, 6.45) is 0.220. The molecule has 0 aliphatic heterocycles. The van der Waals surface area contributed by atoms with Crippen molar-refractivity contribution in [1.82, 2.24) is 5.32 Å². The largest absolute Gasteiger partial charge is 0.352 e. The van der Waals surface area contributed by atoms with E-state index in [9.17, 15) is 14.0 Å². The van der Waals surface area contributed by atoms with Gasteiger partial charge in [0.2, 0.25) is 5.91 Å². The number of thiophene rings is 1. The number of hydrogen-bond donors (Lipinski definition) is 1. The van der Waals surface area contributed by atoms with Crippen LogP contribution in [0.5, 0.6) is 0 Å². The highest BCUT2D eigenvalue weighted by atomic mass is 32.1. The number of aryl methyl sites for hydroxylation is 1. The lowest BCUT2D eigenvalue weighted by molar-refractivity contribution is -0.120. The van der Waals surface area contributed by atoms with Crippen molar-refractivity contribution in [3.05, 3.63) is 123 Å². The van der Waals surface area contributed by atoms with Gasteiger partial charge >= 0.3 is 0 Å². The summed E-state index contributed by atoms with van der Waals surface area (Å²) in [5.74, 6) is -0.476. The third kappa shape index (κ3) is 5.97. The van der Waals surface area contributed by atoms with Gasteiger partial charge in [-0.2, -0.15) is 0 Å². The summed E-state index contributed by atoms with van der Waals surface area (Å²) in [6, 6.07) is 25.3. The summed E-state index contributed by atoms with van der Waals surface area (Å²) in [4.78, 5) is 28.1. The number of rotatable bonds is 8. The minimum atomic E-state index is -0.302. The first-order valence-corrected chi connectivity index (χ1v) is 11.9. The SMILES string of the molecule is Cc1ccccc1CN(C(=O)c1cccs1)c1ccc(CC(=O)NCc2ccc(F)cc2)cc1. The smallest absolute Gasteiger partial charge is 0.268 e. The van der Waals surface area contributed by atoms with Gasteiger partial charge in [-0.05, 0) is 64.9 Å². The molecule has 2 amide bonds. The fourth-order valence-corrected chi connectivity index (χ4v) is 4.29. The molecule has 0 bridgehead atoms. The van der Waals surface area contributed by atoms with E-state index in [1.165, 1.54) is 23.5 Å². The zero-order valence-corrected chi connectivity index (χ0v) is 19.6. The Morgan fingerprint density at radius 3 is 2.26 bits per heavy atom. The van der Waals surface area contributed by atoms with Crippen LogP contribution in [-0.2, 0) is 24.3 Å². The first kappa shape index (κ1) is 23.4. The average Bonchev–Trinajstić information content (AvgIpc) is 3.39. The number of hydrogen-bond acceptors (Lipinski definition) is 3. The lowest BCUT2D eigenvalue weighted by atomic mass is 10.1. The van der Waals surface area contributed by atoms with Crippen LogP contribution in [0.2, 0.25) is 0 Å². The molecular formula is C28H25FN2O2S. The molecule has 6 heteroatoms. The molecule has 0 unspecified atom stereocenters. The summed E-state index contributed by atoms with van der Waals surface area (Å²) in [5, 5.41) is 4.75. The molecule has 4 rings (SSSR count). The summed E-state index contributed by atoms with van der Waals surface area (Å²) in [5.41, 5.74) is 4.67. The summed E-state index contributed by atoms with van der Waals surface area (Å²) in [7, 11) is 0. The van der Waals surface area contributed by atoms with Crippen LogP contribution in [0, 0.1) is 12.7 Å². The number of nitrogens with zero attached hydrogens (tertiary/aromatic N) is 1. The highest BCUT2D eigenvalue weighted by Gasteiger charge is 2.20. The quantitative estimate of drug-likeness (QED) is 0.347. The maximum atomic E-state index is 13.3. The second-order valence-corrected chi connectivity index (χ2v) is 8.99. The lowest BCUT2D eigenvalue weighted by Gasteiger charge is -2.23. The van der Waals surface area contributed by atoms with Crippen molar-refractivity contribution in [1.29, 1.82) is 0 Å². The first-order valence-electron chi connectivity index (χ1n) is 11.0. The van der Waals surface area contributed by atoms with Gasteiger partial charge in [0.05, 0.1) is 17.8 Å². The van der Waals surface area contributed by atoms with E-state index >= 15 is 0 Å². The number of halogens is 1. The number of nitrogens with one attached hydrogen (secondary N) is 1. The molecule has 0 saturated carbocycles. The minimum absolute atomic E-state index is 0.0527. The molecule has 4 aromatic rings. The van der Waals surface area contributed by atoms with Gasteiger partial charge in [-0.15, -0.1) is 11.3 Å². The summed E-state index contributed by atoms with van der Waals surface area (Å²) in [6.45, 7) is 2.84. The Balaban J connectivity index is 1.46. The van der Waals surface area contributed by atoms with Gasteiger partial charge in [0.25, 0.3) is 5.91 Å². The van der Waals surface area contributed by atoms with E-state index < -0.39 is 0 Å². The zero-order chi connectivity index (χ0) is 23.9. The molecule has 0 fully saturated rings. The van der Waals surface area contributed by atoms with Crippen LogP contribution in [0.25, 0.3) is 0 Å². The van der Waals surface area contributed by atoms with Gasteiger partial charge in [0.1, 0.15) is 5.82 Å². The predicted molar refractivity (Wildman–Crippen MR) is 134 cm³/mol. The zero-order valence-electron chi connectivity index (χ0n) is 18.8. The van der Waals surface area contributed by atoms with Crippen LogP contribution < -0.4 is 10.2 Å². The monoisotopic (exact) mass is 472 g/mol. The molecule has 0 saturated heterocycles. The molecule has 1 heterocycles. The maximum Gasteiger partial charge on any atom is 0.268 e. The van der Waals surface area contributed by atoms with E-state index in [1.54, 1.807) is 17.0 Å². The first-order chi connectivity index (χ1) is 16.5. The van der Waals surface area contributed by atoms with E-state index in [-0.39, 0.29) is 24.1 Å². The fourth-order valence-electron chi connectivity index (χ4n) is 3.62. The van der Waals surface area contributed by atoms with Crippen molar-refractivity contribution < 1.29 is 14.0 Å². The molecule has 3 aromatic carbocycles. The van der Waals surface area contributed by atoms with Crippen molar-refractivity contribution in [2.24, 2.45) is 0 Å². The van der Waals surface area contributed by atoms with Crippen LogP contribution >= 0.6 is 11.3 Å². The normalized spacial score (nSPS) is 10.6. The van der Waals surface area contributed by atoms with Crippen LogP contribution in [0.4, 0.5) is 10.1 Å². The molecule has 4 nitrogen and oxygen atoms in total. The molecule has 0 aliphatic rings. The third-order valence-electron chi connectivity index (χ3n) is 5.58. The van der Waals surface area contributed by atoms with Gasteiger partial charge in [0.15, 0.2) is 0 Å². The van der Waals surface area contributed by atoms with Gasteiger partial charge in [0, 0.05) is 12.2 Å². The Labute approximate surface area is 202 Å². The second kappa shape index (κ2) is 10.9. The van der Waals surface area contributed by atoms with E-state index in [1.807, 2.05) is 73.0 Å². The Morgan fingerprint density at radius 1 is 0.882 bits per heavy atom. The average molecular weight is 473 g/mol. The van der Waals surface area contributed by atoms with Crippen molar-refractivity contribution >= 4 is 28.8 Å². The Kier molecular flexibility index (Phi) is 7.50. The fraction of sp³-hybridized carbons (Fsp3) is 0.143. The number of anilines is 1. The standard InChI is InChI=1S/C28H25FN2O2S/c1-20-5-2-3-6-23(20)19-31(28(33)26-7-4-16-34-26)25-14-10-21(11-15-25)17-27(32)30-18-22-8-12-24(29)13-9-22/h2-16H,17-19H2,1H3,(H,30,32). The van der Waals surface area contributed by atoms with E-state index in [0.29, 0.717) is 18.0 Å².